The van der Waals surface area contributed by atoms with Crippen molar-refractivity contribution in [3.05, 3.63) is 60.7 Å². The van der Waals surface area contributed by atoms with Gasteiger partial charge in [-0.25, -0.2) is 4.98 Å². The lowest BCUT2D eigenvalue weighted by atomic mass is 10.0. The van der Waals surface area contributed by atoms with E-state index in [4.69, 9.17) is 18.6 Å². The number of aromatic nitrogens is 1. The molecule has 2 heterocycles. The number of nitrogens with zero attached hydrogens (tertiary/aromatic N) is 1. The van der Waals surface area contributed by atoms with Crippen LogP contribution in [0.1, 0.15) is 0 Å². The van der Waals surface area contributed by atoms with Crippen molar-refractivity contribution in [1.29, 1.82) is 0 Å². The van der Waals surface area contributed by atoms with E-state index in [2.05, 4.69) is 4.98 Å². The summed E-state index contributed by atoms with van der Waals surface area (Å²) in [6, 6.07) is 19.5. The van der Waals surface area contributed by atoms with Gasteiger partial charge in [-0.2, -0.15) is 0 Å². The van der Waals surface area contributed by atoms with E-state index in [-0.39, 0.29) is 6.79 Å². The molecule has 0 spiro atoms. The van der Waals surface area contributed by atoms with Crippen molar-refractivity contribution < 1.29 is 18.6 Å². The average Bonchev–Trinajstić information content (AvgIpc) is 3.33. The molecule has 128 valence electrons. The third-order valence-electron chi connectivity index (χ3n) is 4.41. The molecule has 1 aromatic heterocycles. The Balaban J connectivity index is 1.56. The Morgan fingerprint density at radius 3 is 2.62 bits per heavy atom. The molecule has 0 fully saturated rings. The second-order valence-corrected chi connectivity index (χ2v) is 6.00. The first kappa shape index (κ1) is 14.8. The van der Waals surface area contributed by atoms with Crippen LogP contribution in [0.4, 0.5) is 0 Å². The van der Waals surface area contributed by atoms with Gasteiger partial charge in [0.1, 0.15) is 11.3 Å². The van der Waals surface area contributed by atoms with Crippen LogP contribution >= 0.6 is 0 Å². The molecule has 5 rings (SSSR count). The van der Waals surface area contributed by atoms with Crippen molar-refractivity contribution in [2.75, 3.05) is 13.9 Å². The molecular formula is C21H15NO4. The zero-order chi connectivity index (χ0) is 17.5. The number of hydrogen-bond donors (Lipinski definition) is 0. The number of hydrogen-bond acceptors (Lipinski definition) is 5. The Morgan fingerprint density at radius 2 is 1.69 bits per heavy atom. The van der Waals surface area contributed by atoms with Crippen LogP contribution < -0.4 is 14.2 Å². The molecule has 0 unspecified atom stereocenters. The van der Waals surface area contributed by atoms with Crippen molar-refractivity contribution >= 4 is 11.1 Å². The van der Waals surface area contributed by atoms with Gasteiger partial charge < -0.3 is 18.6 Å². The van der Waals surface area contributed by atoms with Crippen LogP contribution in [-0.4, -0.2) is 18.9 Å². The van der Waals surface area contributed by atoms with Gasteiger partial charge in [-0.05, 0) is 53.6 Å². The summed E-state index contributed by atoms with van der Waals surface area (Å²) in [5.41, 5.74) is 4.50. The summed E-state index contributed by atoms with van der Waals surface area (Å²) >= 11 is 0. The standard InChI is InChI=1S/C21H15NO4/c1-23-16-4-2-3-15(9-16)21-22-17-7-5-13(10-19(17)26-21)14-6-8-18-20(11-14)25-12-24-18/h2-11H,12H2,1H3. The molecule has 0 amide bonds. The quantitative estimate of drug-likeness (QED) is 0.529. The first-order valence-electron chi connectivity index (χ1n) is 8.25. The van der Waals surface area contributed by atoms with E-state index < -0.39 is 0 Å². The minimum absolute atomic E-state index is 0.268. The second-order valence-electron chi connectivity index (χ2n) is 6.00. The molecule has 0 N–H and O–H groups in total. The molecule has 0 radical (unpaired) electrons. The van der Waals surface area contributed by atoms with Crippen LogP contribution in [0.15, 0.2) is 65.1 Å². The van der Waals surface area contributed by atoms with E-state index >= 15 is 0 Å². The minimum Gasteiger partial charge on any atom is -0.497 e. The lowest BCUT2D eigenvalue weighted by Crippen LogP contribution is -1.92. The predicted molar refractivity (Wildman–Crippen MR) is 97.6 cm³/mol. The molecule has 5 nitrogen and oxygen atoms in total. The topological polar surface area (TPSA) is 53.7 Å². The molecule has 3 aromatic carbocycles. The third kappa shape index (κ3) is 2.45. The van der Waals surface area contributed by atoms with Crippen molar-refractivity contribution in [3.63, 3.8) is 0 Å². The predicted octanol–water partition coefficient (Wildman–Crippen LogP) is 4.90. The van der Waals surface area contributed by atoms with Crippen LogP contribution in [-0.2, 0) is 0 Å². The highest BCUT2D eigenvalue weighted by molar-refractivity contribution is 5.82. The molecule has 5 heteroatoms. The Hall–Kier alpha value is -3.47. The first-order valence-corrected chi connectivity index (χ1v) is 8.25. The second kappa shape index (κ2) is 5.81. The van der Waals surface area contributed by atoms with Crippen LogP contribution in [0.3, 0.4) is 0 Å². The molecular weight excluding hydrogens is 330 g/mol. The molecule has 1 aliphatic rings. The SMILES string of the molecule is COc1cccc(-c2nc3ccc(-c4ccc5c(c4)OCO5)cc3o2)c1. The fourth-order valence-electron chi connectivity index (χ4n) is 3.06. The van der Waals surface area contributed by atoms with Gasteiger partial charge in [0.2, 0.25) is 12.7 Å². The van der Waals surface area contributed by atoms with Gasteiger partial charge >= 0.3 is 0 Å². The molecule has 1 aliphatic heterocycles. The van der Waals surface area contributed by atoms with E-state index in [1.165, 1.54) is 0 Å². The van der Waals surface area contributed by atoms with Gasteiger partial charge in [0.05, 0.1) is 7.11 Å². The minimum atomic E-state index is 0.268. The molecule has 26 heavy (non-hydrogen) atoms. The fraction of sp³-hybridized carbons (Fsp3) is 0.0952. The number of fused-ring (bicyclic) bond motifs is 2. The summed E-state index contributed by atoms with van der Waals surface area (Å²) in [7, 11) is 1.64. The Labute approximate surface area is 149 Å². The molecule has 0 atom stereocenters. The van der Waals surface area contributed by atoms with Crippen LogP contribution in [0.2, 0.25) is 0 Å². The van der Waals surface area contributed by atoms with Crippen LogP contribution in [0.25, 0.3) is 33.7 Å². The summed E-state index contributed by atoms with van der Waals surface area (Å²) in [5, 5.41) is 0. The fourth-order valence-corrected chi connectivity index (χ4v) is 3.06. The normalized spacial score (nSPS) is 12.5. The molecule has 0 bridgehead atoms. The van der Waals surface area contributed by atoms with Crippen molar-refractivity contribution in [2.45, 2.75) is 0 Å². The molecule has 0 saturated heterocycles. The van der Waals surface area contributed by atoms with Crippen molar-refractivity contribution in [1.82, 2.24) is 4.98 Å². The molecule has 0 aliphatic carbocycles. The Morgan fingerprint density at radius 1 is 0.846 bits per heavy atom. The summed E-state index contributed by atoms with van der Waals surface area (Å²) in [6.07, 6.45) is 0. The Bertz CT molecular complexity index is 1120. The van der Waals surface area contributed by atoms with Gasteiger partial charge in [-0.1, -0.05) is 18.2 Å². The van der Waals surface area contributed by atoms with Gasteiger partial charge in [0, 0.05) is 5.56 Å². The van der Waals surface area contributed by atoms with E-state index in [0.29, 0.717) is 5.89 Å². The Kier molecular flexibility index (Phi) is 3.31. The number of benzene rings is 3. The monoisotopic (exact) mass is 345 g/mol. The number of rotatable bonds is 3. The highest BCUT2D eigenvalue weighted by atomic mass is 16.7. The van der Waals surface area contributed by atoms with Gasteiger partial charge in [-0.15, -0.1) is 0 Å². The van der Waals surface area contributed by atoms with Gasteiger partial charge in [-0.3, -0.25) is 0 Å². The third-order valence-corrected chi connectivity index (χ3v) is 4.41. The van der Waals surface area contributed by atoms with Gasteiger partial charge in [0.25, 0.3) is 0 Å². The number of ether oxygens (including phenoxy) is 3. The summed E-state index contributed by atoms with van der Waals surface area (Å²) in [5.74, 6) is 2.87. The van der Waals surface area contributed by atoms with E-state index in [0.717, 1.165) is 45.0 Å². The maximum atomic E-state index is 5.99. The lowest BCUT2D eigenvalue weighted by molar-refractivity contribution is 0.174. The largest absolute Gasteiger partial charge is 0.497 e. The molecule has 4 aromatic rings. The highest BCUT2D eigenvalue weighted by Crippen LogP contribution is 2.37. The highest BCUT2D eigenvalue weighted by Gasteiger charge is 2.15. The van der Waals surface area contributed by atoms with Crippen LogP contribution in [0.5, 0.6) is 17.2 Å². The summed E-state index contributed by atoms with van der Waals surface area (Å²) in [4.78, 5) is 4.58. The smallest absolute Gasteiger partial charge is 0.231 e. The van der Waals surface area contributed by atoms with Crippen molar-refractivity contribution in [2.24, 2.45) is 0 Å². The first-order chi connectivity index (χ1) is 12.8. The maximum Gasteiger partial charge on any atom is 0.231 e. The number of methoxy groups -OCH3 is 1. The van der Waals surface area contributed by atoms with Crippen LogP contribution in [0, 0.1) is 0 Å². The summed E-state index contributed by atoms with van der Waals surface area (Å²) < 4.78 is 22.1. The van der Waals surface area contributed by atoms with Gasteiger partial charge in [0.15, 0.2) is 17.1 Å². The molecule has 0 saturated carbocycles. The zero-order valence-electron chi connectivity index (χ0n) is 14.1. The summed E-state index contributed by atoms with van der Waals surface area (Å²) in [6.45, 7) is 0.268. The average molecular weight is 345 g/mol. The lowest BCUT2D eigenvalue weighted by Gasteiger charge is -2.03. The zero-order valence-corrected chi connectivity index (χ0v) is 14.1. The maximum absolute atomic E-state index is 5.99. The number of oxazole rings is 1. The van der Waals surface area contributed by atoms with E-state index in [1.807, 2.05) is 60.7 Å². The van der Waals surface area contributed by atoms with Crippen molar-refractivity contribution in [3.8, 4) is 39.8 Å². The van der Waals surface area contributed by atoms with E-state index in [9.17, 15) is 0 Å². The van der Waals surface area contributed by atoms with E-state index in [1.54, 1.807) is 7.11 Å².